The first-order valence-electron chi connectivity index (χ1n) is 6.44. The molecule has 2 rings (SSSR count). The van der Waals surface area contributed by atoms with Crippen LogP contribution in [-0.2, 0) is 4.79 Å². The van der Waals surface area contributed by atoms with E-state index in [4.69, 9.17) is 4.74 Å². The van der Waals surface area contributed by atoms with E-state index in [0.29, 0.717) is 11.4 Å². The van der Waals surface area contributed by atoms with E-state index in [1.807, 2.05) is 12.1 Å². The summed E-state index contributed by atoms with van der Waals surface area (Å²) < 4.78 is 6.33. The maximum atomic E-state index is 12.1. The summed E-state index contributed by atoms with van der Waals surface area (Å²) in [7, 11) is 0. The highest BCUT2D eigenvalue weighted by Crippen LogP contribution is 2.25. The maximum Gasteiger partial charge on any atom is 0.269 e. The Morgan fingerprint density at radius 3 is 2.45 bits per heavy atom. The van der Waals surface area contributed by atoms with Crippen molar-refractivity contribution in [2.24, 2.45) is 0 Å². The van der Waals surface area contributed by atoms with Gasteiger partial charge in [0.2, 0.25) is 0 Å². The van der Waals surface area contributed by atoms with Gasteiger partial charge in [-0.05, 0) is 47.1 Å². The van der Waals surface area contributed by atoms with Crippen LogP contribution in [0.5, 0.6) is 5.75 Å². The van der Waals surface area contributed by atoms with Gasteiger partial charge in [0, 0.05) is 17.8 Å². The van der Waals surface area contributed by atoms with Crippen molar-refractivity contribution in [3.8, 4) is 5.75 Å². The smallest absolute Gasteiger partial charge is 0.269 e. The molecular weight excluding hydrogens is 352 g/mol. The molecule has 0 heterocycles. The number of halogens is 1. The highest BCUT2D eigenvalue weighted by molar-refractivity contribution is 9.10. The third-order valence-electron chi connectivity index (χ3n) is 2.86. The second-order valence-corrected chi connectivity index (χ2v) is 5.34. The molecule has 0 bridgehead atoms. The zero-order valence-corrected chi connectivity index (χ0v) is 13.2. The Morgan fingerprint density at radius 1 is 1.23 bits per heavy atom. The fourth-order valence-electron chi connectivity index (χ4n) is 1.69. The Balaban J connectivity index is 1.99. The minimum absolute atomic E-state index is 0.0319. The molecule has 2 aromatic rings. The first-order valence-corrected chi connectivity index (χ1v) is 7.23. The number of anilines is 1. The molecule has 6 nitrogen and oxygen atoms in total. The van der Waals surface area contributed by atoms with E-state index in [-0.39, 0.29) is 11.6 Å². The van der Waals surface area contributed by atoms with Crippen molar-refractivity contribution in [3.63, 3.8) is 0 Å². The van der Waals surface area contributed by atoms with Crippen molar-refractivity contribution >= 4 is 33.2 Å². The van der Waals surface area contributed by atoms with E-state index in [0.717, 1.165) is 4.47 Å². The number of hydrogen-bond donors (Lipinski definition) is 1. The minimum Gasteiger partial charge on any atom is -0.480 e. The average molecular weight is 365 g/mol. The lowest BCUT2D eigenvalue weighted by atomic mass is 10.2. The number of non-ortho nitro benzene ring substituents is 1. The number of nitro groups is 1. The van der Waals surface area contributed by atoms with Crippen LogP contribution in [-0.4, -0.2) is 16.9 Å². The number of hydrogen-bond acceptors (Lipinski definition) is 4. The number of para-hydroxylation sites is 1. The van der Waals surface area contributed by atoms with E-state index in [1.54, 1.807) is 19.1 Å². The average Bonchev–Trinajstić information content (AvgIpc) is 2.50. The standard InChI is InChI=1S/C15H13BrN2O4/c1-10(22-14-5-3-2-4-13(14)16)15(19)17-11-6-8-12(9-7-11)18(20)21/h2-10H,1H3,(H,17,19). The van der Waals surface area contributed by atoms with Crippen LogP contribution in [0.25, 0.3) is 0 Å². The largest absolute Gasteiger partial charge is 0.480 e. The molecular formula is C15H13BrN2O4. The van der Waals surface area contributed by atoms with Crippen molar-refractivity contribution < 1.29 is 14.5 Å². The van der Waals surface area contributed by atoms with Gasteiger partial charge < -0.3 is 10.1 Å². The fraction of sp³-hybridized carbons (Fsp3) is 0.133. The SMILES string of the molecule is CC(Oc1ccccc1Br)C(=O)Nc1ccc([N+](=O)[O-])cc1. The van der Waals surface area contributed by atoms with Crippen LogP contribution in [0.3, 0.4) is 0 Å². The summed E-state index contributed by atoms with van der Waals surface area (Å²) in [6, 6.07) is 12.8. The molecule has 0 aromatic heterocycles. The molecule has 2 aromatic carbocycles. The van der Waals surface area contributed by atoms with E-state index < -0.39 is 11.0 Å². The predicted molar refractivity (Wildman–Crippen MR) is 86.0 cm³/mol. The lowest BCUT2D eigenvalue weighted by Gasteiger charge is -2.15. The van der Waals surface area contributed by atoms with Gasteiger partial charge in [0.1, 0.15) is 5.75 Å². The van der Waals surface area contributed by atoms with Crippen LogP contribution in [0.15, 0.2) is 53.0 Å². The van der Waals surface area contributed by atoms with Crippen LogP contribution in [0.1, 0.15) is 6.92 Å². The van der Waals surface area contributed by atoms with Crippen molar-refractivity contribution in [3.05, 3.63) is 63.1 Å². The number of carbonyl (C=O) groups is 1. The predicted octanol–water partition coefficient (Wildman–Crippen LogP) is 3.76. The molecule has 0 aliphatic rings. The van der Waals surface area contributed by atoms with Gasteiger partial charge in [0.05, 0.1) is 9.40 Å². The minimum atomic E-state index is -0.714. The van der Waals surface area contributed by atoms with Gasteiger partial charge in [0.25, 0.3) is 11.6 Å². The van der Waals surface area contributed by atoms with Gasteiger partial charge in [-0.3, -0.25) is 14.9 Å². The van der Waals surface area contributed by atoms with Crippen LogP contribution in [0.2, 0.25) is 0 Å². The van der Waals surface area contributed by atoms with E-state index in [2.05, 4.69) is 21.2 Å². The summed E-state index contributed by atoms with van der Waals surface area (Å²) in [4.78, 5) is 22.1. The fourth-order valence-corrected chi connectivity index (χ4v) is 2.07. The van der Waals surface area contributed by atoms with E-state index in [1.165, 1.54) is 24.3 Å². The highest BCUT2D eigenvalue weighted by atomic mass is 79.9. The van der Waals surface area contributed by atoms with Crippen molar-refractivity contribution in [2.45, 2.75) is 13.0 Å². The highest BCUT2D eigenvalue weighted by Gasteiger charge is 2.16. The number of nitrogens with one attached hydrogen (secondary N) is 1. The Kier molecular flexibility index (Phi) is 5.11. The van der Waals surface area contributed by atoms with Crippen LogP contribution < -0.4 is 10.1 Å². The lowest BCUT2D eigenvalue weighted by molar-refractivity contribution is -0.384. The van der Waals surface area contributed by atoms with Gasteiger partial charge in [-0.2, -0.15) is 0 Å². The number of amides is 1. The quantitative estimate of drug-likeness (QED) is 0.646. The van der Waals surface area contributed by atoms with E-state index >= 15 is 0 Å². The molecule has 1 N–H and O–H groups in total. The second kappa shape index (κ2) is 7.04. The van der Waals surface area contributed by atoms with Crippen LogP contribution in [0.4, 0.5) is 11.4 Å². The first kappa shape index (κ1) is 16.0. The molecule has 1 atom stereocenters. The Hall–Kier alpha value is -2.41. The molecule has 0 aliphatic carbocycles. The molecule has 1 unspecified atom stereocenters. The third kappa shape index (κ3) is 4.05. The Bertz CT molecular complexity index is 688. The monoisotopic (exact) mass is 364 g/mol. The normalized spacial score (nSPS) is 11.5. The molecule has 7 heteroatoms. The first-order chi connectivity index (χ1) is 10.5. The molecule has 0 radical (unpaired) electrons. The van der Waals surface area contributed by atoms with Gasteiger partial charge in [-0.15, -0.1) is 0 Å². The third-order valence-corrected chi connectivity index (χ3v) is 3.51. The van der Waals surface area contributed by atoms with Gasteiger partial charge in [-0.25, -0.2) is 0 Å². The summed E-state index contributed by atoms with van der Waals surface area (Å²) in [6.45, 7) is 1.63. The molecule has 0 saturated carbocycles. The van der Waals surface area contributed by atoms with Gasteiger partial charge in [-0.1, -0.05) is 12.1 Å². The number of benzene rings is 2. The summed E-state index contributed by atoms with van der Waals surface area (Å²) >= 11 is 3.34. The van der Waals surface area contributed by atoms with Crippen molar-refractivity contribution in [1.29, 1.82) is 0 Å². The number of carbonyl (C=O) groups excluding carboxylic acids is 1. The van der Waals surface area contributed by atoms with E-state index in [9.17, 15) is 14.9 Å². The zero-order chi connectivity index (χ0) is 16.1. The number of nitro benzene ring substituents is 1. The van der Waals surface area contributed by atoms with Crippen LogP contribution >= 0.6 is 15.9 Å². The number of ether oxygens (including phenoxy) is 1. The topological polar surface area (TPSA) is 81.5 Å². The number of rotatable bonds is 5. The molecule has 22 heavy (non-hydrogen) atoms. The molecule has 0 saturated heterocycles. The lowest BCUT2D eigenvalue weighted by Crippen LogP contribution is -2.30. The summed E-state index contributed by atoms with van der Waals surface area (Å²) in [5.41, 5.74) is 0.439. The molecule has 1 amide bonds. The zero-order valence-electron chi connectivity index (χ0n) is 11.7. The Morgan fingerprint density at radius 2 is 1.86 bits per heavy atom. The molecule has 0 fully saturated rings. The van der Waals surface area contributed by atoms with Crippen molar-refractivity contribution in [1.82, 2.24) is 0 Å². The summed E-state index contributed by atoms with van der Waals surface area (Å²) in [5.74, 6) is 0.221. The van der Waals surface area contributed by atoms with Gasteiger partial charge >= 0.3 is 0 Å². The Labute approximate surface area is 135 Å². The molecule has 114 valence electrons. The molecule has 0 spiro atoms. The number of nitrogens with zero attached hydrogens (tertiary/aromatic N) is 1. The molecule has 0 aliphatic heterocycles. The second-order valence-electron chi connectivity index (χ2n) is 4.48. The van der Waals surface area contributed by atoms with Crippen LogP contribution in [0, 0.1) is 10.1 Å². The summed E-state index contributed by atoms with van der Waals surface area (Å²) in [6.07, 6.45) is -0.714. The van der Waals surface area contributed by atoms with Crippen molar-refractivity contribution in [2.75, 3.05) is 5.32 Å². The van der Waals surface area contributed by atoms with Gasteiger partial charge in [0.15, 0.2) is 6.10 Å². The summed E-state index contributed by atoms with van der Waals surface area (Å²) in [5, 5.41) is 13.2. The maximum absolute atomic E-state index is 12.1.